The summed E-state index contributed by atoms with van der Waals surface area (Å²) >= 11 is 0. The zero-order valence-corrected chi connectivity index (χ0v) is 15.7. The first kappa shape index (κ1) is 16.8. The van der Waals surface area contributed by atoms with E-state index in [1.165, 1.54) is 12.7 Å². The van der Waals surface area contributed by atoms with Gasteiger partial charge in [-0.05, 0) is 74.6 Å². The van der Waals surface area contributed by atoms with Crippen LogP contribution in [0.3, 0.4) is 0 Å². The van der Waals surface area contributed by atoms with Gasteiger partial charge in [-0.3, -0.25) is 9.78 Å². The van der Waals surface area contributed by atoms with E-state index in [4.69, 9.17) is 0 Å². The van der Waals surface area contributed by atoms with Crippen LogP contribution < -0.4 is 5.32 Å². The normalized spacial score (nSPS) is 35.1. The van der Waals surface area contributed by atoms with E-state index in [1.54, 1.807) is 6.20 Å². The summed E-state index contributed by atoms with van der Waals surface area (Å²) in [7, 11) is 0. The van der Waals surface area contributed by atoms with Crippen LogP contribution in [0.25, 0.3) is 0 Å². The number of rotatable bonds is 5. The maximum atomic E-state index is 13.4. The molecule has 2 aromatic heterocycles. The zero-order valence-electron chi connectivity index (χ0n) is 15.7. The summed E-state index contributed by atoms with van der Waals surface area (Å²) < 4.78 is 0. The van der Waals surface area contributed by atoms with E-state index in [0.29, 0.717) is 11.8 Å². The molecule has 4 fully saturated rings. The van der Waals surface area contributed by atoms with Gasteiger partial charge in [0.05, 0.1) is 11.0 Å². The number of nitrogens with zero attached hydrogens (tertiary/aromatic N) is 5. The van der Waals surface area contributed by atoms with E-state index in [1.807, 2.05) is 23.0 Å². The smallest absolute Gasteiger partial charge is 0.226 e. The Balaban J connectivity index is 1.35. The van der Waals surface area contributed by atoms with Crippen LogP contribution in [0.2, 0.25) is 0 Å². The van der Waals surface area contributed by atoms with E-state index >= 15 is 0 Å². The van der Waals surface area contributed by atoms with Gasteiger partial charge in [-0.2, -0.15) is 4.80 Å². The van der Waals surface area contributed by atoms with Crippen molar-refractivity contribution in [3.05, 3.63) is 36.4 Å². The lowest BCUT2D eigenvalue weighted by Gasteiger charge is -2.60. The van der Waals surface area contributed by atoms with Gasteiger partial charge in [0.25, 0.3) is 0 Å². The Morgan fingerprint density at radius 1 is 1.30 bits per heavy atom. The molecule has 4 aliphatic rings. The summed E-state index contributed by atoms with van der Waals surface area (Å²) in [5.41, 5.74) is 0.609. The molecular formula is C20H26N6O. The second-order valence-electron chi connectivity index (χ2n) is 9.09. The second-order valence-corrected chi connectivity index (χ2v) is 9.09. The molecule has 6 rings (SSSR count). The Bertz CT molecular complexity index is 806. The Morgan fingerprint density at radius 2 is 2.11 bits per heavy atom. The third-order valence-electron chi connectivity index (χ3n) is 6.90. The van der Waals surface area contributed by atoms with Crippen molar-refractivity contribution in [3.63, 3.8) is 0 Å². The maximum absolute atomic E-state index is 13.4. The Labute approximate surface area is 158 Å². The van der Waals surface area contributed by atoms with Gasteiger partial charge in [-0.25, -0.2) is 0 Å². The molecule has 0 saturated heterocycles. The highest BCUT2D eigenvalue weighted by molar-refractivity contribution is 5.83. The van der Waals surface area contributed by atoms with Crippen LogP contribution in [-0.2, 0) is 16.8 Å². The Hall–Kier alpha value is -2.31. The molecule has 2 heterocycles. The summed E-state index contributed by atoms with van der Waals surface area (Å²) in [6.45, 7) is 2.07. The number of aromatic nitrogens is 5. The average Bonchev–Trinajstić information content (AvgIpc) is 3.17. The van der Waals surface area contributed by atoms with Crippen molar-refractivity contribution in [1.82, 2.24) is 30.5 Å². The lowest BCUT2D eigenvalue weighted by molar-refractivity contribution is -0.158. The number of amides is 1. The van der Waals surface area contributed by atoms with E-state index in [9.17, 15) is 4.79 Å². The number of hydrogen-bond donors (Lipinski definition) is 1. The molecule has 4 saturated carbocycles. The summed E-state index contributed by atoms with van der Waals surface area (Å²) in [4.78, 5) is 19.6. The van der Waals surface area contributed by atoms with Crippen molar-refractivity contribution in [2.24, 2.45) is 17.3 Å². The van der Waals surface area contributed by atoms with Gasteiger partial charge < -0.3 is 5.32 Å². The first-order valence-corrected chi connectivity index (χ1v) is 10.0. The monoisotopic (exact) mass is 366 g/mol. The van der Waals surface area contributed by atoms with Gasteiger partial charge in [0.15, 0.2) is 6.33 Å². The van der Waals surface area contributed by atoms with Crippen LogP contribution in [0.4, 0.5) is 0 Å². The fourth-order valence-corrected chi connectivity index (χ4v) is 6.36. The molecule has 2 unspecified atom stereocenters. The summed E-state index contributed by atoms with van der Waals surface area (Å²) in [5.74, 6) is 1.40. The van der Waals surface area contributed by atoms with E-state index in [2.05, 4.69) is 32.6 Å². The Kier molecular flexibility index (Phi) is 3.81. The minimum atomic E-state index is -0.282. The van der Waals surface area contributed by atoms with Crippen molar-refractivity contribution < 1.29 is 4.79 Å². The molecule has 0 spiro atoms. The van der Waals surface area contributed by atoms with Crippen LogP contribution >= 0.6 is 0 Å². The topological polar surface area (TPSA) is 85.6 Å². The lowest BCUT2D eigenvalue weighted by Crippen LogP contribution is -2.62. The fourth-order valence-electron chi connectivity index (χ4n) is 6.36. The van der Waals surface area contributed by atoms with Crippen LogP contribution in [-0.4, -0.2) is 37.1 Å². The molecule has 4 bridgehead atoms. The third-order valence-corrected chi connectivity index (χ3v) is 6.90. The van der Waals surface area contributed by atoms with Crippen LogP contribution in [0.15, 0.2) is 30.7 Å². The van der Waals surface area contributed by atoms with Crippen LogP contribution in [0.1, 0.15) is 51.1 Å². The van der Waals surface area contributed by atoms with E-state index in [-0.39, 0.29) is 22.9 Å². The highest BCUT2D eigenvalue weighted by Crippen LogP contribution is 2.63. The van der Waals surface area contributed by atoms with Gasteiger partial charge >= 0.3 is 0 Å². The number of tetrazole rings is 1. The van der Waals surface area contributed by atoms with E-state index in [0.717, 1.165) is 44.2 Å². The van der Waals surface area contributed by atoms with Crippen LogP contribution in [0.5, 0.6) is 0 Å². The average molecular weight is 366 g/mol. The van der Waals surface area contributed by atoms with Crippen molar-refractivity contribution in [3.8, 4) is 0 Å². The molecule has 27 heavy (non-hydrogen) atoms. The summed E-state index contributed by atoms with van der Waals surface area (Å²) in [6.07, 6.45) is 10.3. The number of hydrogen-bond acceptors (Lipinski definition) is 5. The molecule has 4 aliphatic carbocycles. The molecule has 142 valence electrons. The number of nitrogens with one attached hydrogen (secondary N) is 1. The molecule has 0 radical (unpaired) electrons. The molecule has 5 atom stereocenters. The van der Waals surface area contributed by atoms with Gasteiger partial charge in [0, 0.05) is 24.4 Å². The largest absolute Gasteiger partial charge is 0.353 e. The highest BCUT2D eigenvalue weighted by Gasteiger charge is 2.62. The number of carbonyl (C=O) groups is 1. The van der Waals surface area contributed by atoms with Crippen LogP contribution in [0, 0.1) is 17.3 Å². The van der Waals surface area contributed by atoms with Crippen molar-refractivity contribution in [1.29, 1.82) is 0 Å². The molecule has 0 aliphatic heterocycles. The quantitative estimate of drug-likeness (QED) is 0.876. The van der Waals surface area contributed by atoms with Crippen molar-refractivity contribution in [2.75, 3.05) is 0 Å². The van der Waals surface area contributed by atoms with Gasteiger partial charge in [0.1, 0.15) is 0 Å². The molecule has 7 heteroatoms. The molecule has 0 aromatic carbocycles. The predicted molar refractivity (Wildman–Crippen MR) is 98.5 cm³/mol. The third kappa shape index (κ3) is 2.84. The molecule has 2 aromatic rings. The van der Waals surface area contributed by atoms with E-state index < -0.39 is 0 Å². The van der Waals surface area contributed by atoms with Crippen molar-refractivity contribution >= 4 is 5.91 Å². The van der Waals surface area contributed by atoms with Gasteiger partial charge in [-0.15, -0.1) is 10.2 Å². The Morgan fingerprint density at radius 3 is 2.78 bits per heavy atom. The standard InChI is InChI=1S/C20H26N6O/c1-14(6-17-4-2-3-5-21-17)24-18(27)19-8-15-7-16(9-19)11-20(10-15,12-19)26-23-13-22-25-26/h2-5,13-16H,6-12H2,1H3,(H,24,27)/t14-,15-,16+,19?,20?/m0/s1. The summed E-state index contributed by atoms with van der Waals surface area (Å²) in [5, 5.41) is 15.8. The minimum absolute atomic E-state index is 0.0702. The number of carbonyl (C=O) groups excluding carboxylic acids is 1. The first-order chi connectivity index (χ1) is 13.1. The maximum Gasteiger partial charge on any atom is 0.226 e. The molecule has 1 amide bonds. The second kappa shape index (κ2) is 6.11. The van der Waals surface area contributed by atoms with Crippen molar-refractivity contribution in [2.45, 2.75) is 63.5 Å². The summed E-state index contributed by atoms with van der Waals surface area (Å²) in [6, 6.07) is 5.99. The molecule has 7 nitrogen and oxygen atoms in total. The lowest BCUT2D eigenvalue weighted by atomic mass is 9.46. The predicted octanol–water partition coefficient (Wildman–Crippen LogP) is 2.11. The molecule has 1 N–H and O–H groups in total. The number of pyridine rings is 1. The first-order valence-electron chi connectivity index (χ1n) is 10.0. The van der Waals surface area contributed by atoms with Gasteiger partial charge in [0.2, 0.25) is 5.91 Å². The highest BCUT2D eigenvalue weighted by atomic mass is 16.2. The molecular weight excluding hydrogens is 340 g/mol. The van der Waals surface area contributed by atoms with Gasteiger partial charge in [-0.1, -0.05) is 6.07 Å². The fraction of sp³-hybridized carbons (Fsp3) is 0.650. The zero-order chi connectivity index (χ0) is 18.5. The minimum Gasteiger partial charge on any atom is -0.353 e. The SMILES string of the molecule is C[C@@H](Cc1ccccn1)NC(=O)C12C[C@H]3C[C@@H](C1)CC(n1ncnn1)(C3)C2.